The Balaban J connectivity index is 1.84. The molecule has 3 rings (SSSR count). The summed E-state index contributed by atoms with van der Waals surface area (Å²) in [4.78, 5) is 26.1. The Morgan fingerprint density at radius 3 is 2.04 bits per heavy atom. The molecule has 11 nitrogen and oxygen atoms in total. The number of aliphatic hydroxyl groups excluding tert-OH is 3. The highest BCUT2D eigenvalue weighted by molar-refractivity contribution is 5.84. The Kier molecular flexibility index (Phi) is 13.1. The molecule has 6 N–H and O–H groups in total. The van der Waals surface area contributed by atoms with Gasteiger partial charge in [-0.15, -0.1) is 0 Å². The number of carboxylic acids is 1. The van der Waals surface area contributed by atoms with Gasteiger partial charge in [-0.05, 0) is 58.3 Å². The number of carbonyl (C=O) groups excluding carboxylic acids is 1. The van der Waals surface area contributed by atoms with Gasteiger partial charge >= 0.3 is 5.97 Å². The molecule has 17 unspecified atom stereocenters. The standard InChI is InChI=1S/C37H66O11/c1-12-16-27(38)35(15-4)18-20(6)37(45,48-35)34(11)17-19(5)31(46-34)25(13-2)29(40)21(7)28(39)22(8)32-26(14-3)30(41)23(9)36(44,47-32)24(10)33(42)43/h19-28,30-32,38-39,41,44-45H,12-18H2,1-11H3,(H,42,43). The van der Waals surface area contributed by atoms with E-state index in [0.29, 0.717) is 38.5 Å². The summed E-state index contributed by atoms with van der Waals surface area (Å²) in [7, 11) is 0. The molecule has 0 aromatic rings. The summed E-state index contributed by atoms with van der Waals surface area (Å²) in [6, 6.07) is 0. The van der Waals surface area contributed by atoms with Gasteiger partial charge in [0.2, 0.25) is 0 Å². The van der Waals surface area contributed by atoms with Crippen molar-refractivity contribution in [3.05, 3.63) is 0 Å². The van der Waals surface area contributed by atoms with Crippen LogP contribution in [0.5, 0.6) is 0 Å². The Bertz CT molecular complexity index is 1120. The molecule has 0 bridgehead atoms. The number of aliphatic carboxylic acids is 1. The van der Waals surface area contributed by atoms with Crippen molar-refractivity contribution in [2.24, 2.45) is 47.3 Å². The van der Waals surface area contributed by atoms with Crippen LogP contribution in [0.25, 0.3) is 0 Å². The zero-order valence-electron chi connectivity index (χ0n) is 31.2. The smallest absolute Gasteiger partial charge is 0.311 e. The summed E-state index contributed by atoms with van der Waals surface area (Å²) in [5, 5.41) is 67.2. The Morgan fingerprint density at radius 2 is 1.54 bits per heavy atom. The highest BCUT2D eigenvalue weighted by atomic mass is 16.7. The molecule has 3 heterocycles. The molecular formula is C37H66O11. The molecule has 48 heavy (non-hydrogen) atoms. The first-order chi connectivity index (χ1) is 22.2. The molecule has 0 aromatic heterocycles. The van der Waals surface area contributed by atoms with E-state index in [-0.39, 0.29) is 17.6 Å². The summed E-state index contributed by atoms with van der Waals surface area (Å²) in [6.45, 7) is 19.7. The third kappa shape index (κ3) is 6.88. The third-order valence-electron chi connectivity index (χ3n) is 12.9. The van der Waals surface area contributed by atoms with Gasteiger partial charge < -0.3 is 44.8 Å². The lowest BCUT2D eigenvalue weighted by molar-refractivity contribution is -0.346. The van der Waals surface area contributed by atoms with E-state index < -0.39 is 94.8 Å². The van der Waals surface area contributed by atoms with Crippen LogP contribution in [0.15, 0.2) is 0 Å². The summed E-state index contributed by atoms with van der Waals surface area (Å²) in [6.07, 6.45) is -0.861. The van der Waals surface area contributed by atoms with Crippen LogP contribution in [0.1, 0.15) is 121 Å². The number of ketones is 1. The molecule has 0 spiro atoms. The molecule has 0 amide bonds. The number of hydrogen-bond acceptors (Lipinski definition) is 10. The van der Waals surface area contributed by atoms with E-state index in [2.05, 4.69) is 0 Å². The lowest BCUT2D eigenvalue weighted by atomic mass is 9.70. The van der Waals surface area contributed by atoms with Gasteiger partial charge in [-0.3, -0.25) is 9.59 Å². The van der Waals surface area contributed by atoms with Crippen LogP contribution in [-0.4, -0.2) is 95.7 Å². The summed E-state index contributed by atoms with van der Waals surface area (Å²) in [5.41, 5.74) is -2.05. The molecule has 3 aliphatic rings. The van der Waals surface area contributed by atoms with E-state index >= 15 is 0 Å². The molecule has 3 fully saturated rings. The van der Waals surface area contributed by atoms with Crippen molar-refractivity contribution in [2.45, 2.75) is 174 Å². The zero-order valence-corrected chi connectivity index (χ0v) is 31.2. The number of ether oxygens (including phenoxy) is 3. The normalized spacial score (nSPS) is 44.1. The van der Waals surface area contributed by atoms with Crippen LogP contribution in [0, 0.1) is 47.3 Å². The fraction of sp³-hybridized carbons (Fsp3) is 0.946. The highest BCUT2D eigenvalue weighted by Crippen LogP contribution is 2.56. The Morgan fingerprint density at radius 1 is 0.938 bits per heavy atom. The Labute approximate surface area is 287 Å². The fourth-order valence-electron chi connectivity index (χ4n) is 9.45. The number of carboxylic acid groups (broad SMARTS) is 1. The number of hydrogen-bond donors (Lipinski definition) is 6. The minimum absolute atomic E-state index is 0.127. The predicted molar refractivity (Wildman–Crippen MR) is 180 cm³/mol. The maximum atomic E-state index is 14.2. The average molecular weight is 687 g/mol. The van der Waals surface area contributed by atoms with Crippen LogP contribution < -0.4 is 0 Å². The first-order valence-electron chi connectivity index (χ1n) is 18.5. The van der Waals surface area contributed by atoms with E-state index in [4.69, 9.17) is 14.2 Å². The Hall–Kier alpha value is -1.18. The topological polar surface area (TPSA) is 183 Å². The minimum Gasteiger partial charge on any atom is -0.481 e. The van der Waals surface area contributed by atoms with Gasteiger partial charge in [0, 0.05) is 35.5 Å². The minimum atomic E-state index is -2.17. The summed E-state index contributed by atoms with van der Waals surface area (Å²) in [5.74, 6) is -10.8. The first kappa shape index (κ1) is 41.2. The molecule has 0 radical (unpaired) electrons. The maximum absolute atomic E-state index is 14.2. The third-order valence-corrected chi connectivity index (χ3v) is 12.9. The largest absolute Gasteiger partial charge is 0.481 e. The van der Waals surface area contributed by atoms with Crippen molar-refractivity contribution >= 4 is 11.8 Å². The van der Waals surface area contributed by atoms with Crippen molar-refractivity contribution in [3.8, 4) is 0 Å². The van der Waals surface area contributed by atoms with Crippen molar-refractivity contribution in [3.63, 3.8) is 0 Å². The van der Waals surface area contributed by atoms with Crippen molar-refractivity contribution in [1.82, 2.24) is 0 Å². The fourth-order valence-corrected chi connectivity index (χ4v) is 9.45. The van der Waals surface area contributed by atoms with Crippen molar-refractivity contribution < 1.29 is 54.4 Å². The molecule has 11 heteroatoms. The molecule has 280 valence electrons. The molecule has 17 atom stereocenters. The molecule has 0 saturated carbocycles. The lowest BCUT2D eigenvalue weighted by Gasteiger charge is -2.52. The summed E-state index contributed by atoms with van der Waals surface area (Å²) >= 11 is 0. The second-order valence-corrected chi connectivity index (χ2v) is 15.9. The molecular weight excluding hydrogens is 620 g/mol. The quantitative estimate of drug-likeness (QED) is 0.145. The zero-order chi connectivity index (χ0) is 36.7. The van der Waals surface area contributed by atoms with Crippen LogP contribution in [0.2, 0.25) is 0 Å². The number of carbonyl (C=O) groups is 2. The molecule has 0 aromatic carbocycles. The molecule has 3 aliphatic heterocycles. The van der Waals surface area contributed by atoms with Crippen LogP contribution in [0.4, 0.5) is 0 Å². The lowest BCUT2D eigenvalue weighted by Crippen LogP contribution is -2.64. The van der Waals surface area contributed by atoms with E-state index in [9.17, 15) is 40.2 Å². The number of rotatable bonds is 15. The van der Waals surface area contributed by atoms with Crippen LogP contribution in [0.3, 0.4) is 0 Å². The first-order valence-corrected chi connectivity index (χ1v) is 18.5. The molecule has 0 aliphatic carbocycles. The van der Waals surface area contributed by atoms with Gasteiger partial charge in [0.1, 0.15) is 17.3 Å². The SMILES string of the molecule is CCCC(O)C1(CC)CC(C)C(O)(C2(C)CC(C)C(C(CC)C(=O)C(C)C(O)C(C)C3OC(O)(C(C)C(=O)O)C(C)C(O)C3CC)O2)O1. The average Bonchev–Trinajstić information content (AvgIpc) is 3.51. The highest BCUT2D eigenvalue weighted by Gasteiger charge is 2.67. The van der Waals surface area contributed by atoms with Gasteiger partial charge in [-0.2, -0.15) is 0 Å². The van der Waals surface area contributed by atoms with Gasteiger partial charge in [0.25, 0.3) is 0 Å². The predicted octanol–water partition coefficient (Wildman–Crippen LogP) is 4.28. The van der Waals surface area contributed by atoms with Gasteiger partial charge in [0.05, 0.1) is 36.1 Å². The second kappa shape index (κ2) is 15.2. The van der Waals surface area contributed by atoms with Crippen molar-refractivity contribution in [2.75, 3.05) is 0 Å². The maximum Gasteiger partial charge on any atom is 0.311 e. The van der Waals surface area contributed by atoms with Crippen LogP contribution >= 0.6 is 0 Å². The van der Waals surface area contributed by atoms with E-state index in [1.54, 1.807) is 20.8 Å². The van der Waals surface area contributed by atoms with Gasteiger partial charge in [-0.1, -0.05) is 68.7 Å². The second-order valence-electron chi connectivity index (χ2n) is 15.9. The summed E-state index contributed by atoms with van der Waals surface area (Å²) < 4.78 is 19.3. The van der Waals surface area contributed by atoms with Crippen molar-refractivity contribution in [1.29, 1.82) is 0 Å². The number of Topliss-reactive ketones (excluding diaryl/α,β-unsaturated/α-hetero) is 1. The van der Waals surface area contributed by atoms with E-state index in [1.165, 1.54) is 6.92 Å². The van der Waals surface area contributed by atoms with Crippen LogP contribution in [-0.2, 0) is 23.8 Å². The van der Waals surface area contributed by atoms with E-state index in [0.717, 1.165) is 6.42 Å². The molecule has 3 saturated heterocycles. The number of aliphatic hydroxyl groups is 5. The van der Waals surface area contributed by atoms with Gasteiger partial charge in [0.15, 0.2) is 11.6 Å². The monoisotopic (exact) mass is 686 g/mol. The van der Waals surface area contributed by atoms with Gasteiger partial charge in [-0.25, -0.2) is 0 Å². The van der Waals surface area contributed by atoms with E-state index in [1.807, 2.05) is 48.5 Å².